The number of hydrogen-bond acceptors (Lipinski definition) is 4. The van der Waals surface area contributed by atoms with E-state index in [-0.39, 0.29) is 0 Å². The highest BCUT2D eigenvalue weighted by atomic mass is 16.5. The van der Waals surface area contributed by atoms with Crippen LogP contribution in [0.3, 0.4) is 0 Å². The van der Waals surface area contributed by atoms with E-state index in [2.05, 4.69) is 16.9 Å². The average Bonchev–Trinajstić information content (AvgIpc) is 2.35. The molecular weight excluding hydrogens is 226 g/mol. The van der Waals surface area contributed by atoms with Crippen molar-refractivity contribution in [2.45, 2.75) is 26.7 Å². The summed E-state index contributed by atoms with van der Waals surface area (Å²) >= 11 is 0. The molecule has 0 spiro atoms. The van der Waals surface area contributed by atoms with Gasteiger partial charge in [0, 0.05) is 11.8 Å². The van der Waals surface area contributed by atoms with Crippen molar-refractivity contribution in [3.8, 4) is 11.6 Å². The highest BCUT2D eigenvalue weighted by Crippen LogP contribution is 2.29. The number of benzene rings is 1. The molecule has 2 rings (SSSR count). The van der Waals surface area contributed by atoms with Crippen LogP contribution in [0.4, 0.5) is 5.69 Å². The zero-order chi connectivity index (χ0) is 13.0. The minimum absolute atomic E-state index is 0.537. The maximum atomic E-state index is 5.90. The molecule has 1 aromatic heterocycles. The smallest absolute Gasteiger partial charge is 0.222 e. The SMILES string of the molecule is CCCc1cc(Oc2c(C)cccc2N)ncn1. The molecule has 0 radical (unpaired) electrons. The number of aromatic nitrogens is 2. The van der Waals surface area contributed by atoms with E-state index >= 15 is 0 Å². The van der Waals surface area contributed by atoms with Gasteiger partial charge in [-0.25, -0.2) is 9.97 Å². The Morgan fingerprint density at radius 3 is 2.83 bits per heavy atom. The van der Waals surface area contributed by atoms with Gasteiger partial charge in [-0.15, -0.1) is 0 Å². The molecule has 0 atom stereocenters. The third kappa shape index (κ3) is 2.77. The molecule has 2 aromatic rings. The first-order valence-corrected chi connectivity index (χ1v) is 6.04. The zero-order valence-corrected chi connectivity index (χ0v) is 10.7. The second-order valence-corrected chi connectivity index (χ2v) is 4.19. The average molecular weight is 243 g/mol. The quantitative estimate of drug-likeness (QED) is 0.838. The van der Waals surface area contributed by atoms with E-state index in [1.807, 2.05) is 31.2 Å². The highest BCUT2D eigenvalue weighted by Gasteiger charge is 2.07. The van der Waals surface area contributed by atoms with Gasteiger partial charge in [0.15, 0.2) is 5.75 Å². The fourth-order valence-electron chi connectivity index (χ4n) is 1.74. The summed E-state index contributed by atoms with van der Waals surface area (Å²) in [6, 6.07) is 7.53. The summed E-state index contributed by atoms with van der Waals surface area (Å²) in [4.78, 5) is 8.30. The van der Waals surface area contributed by atoms with Crippen molar-refractivity contribution < 1.29 is 4.74 Å². The van der Waals surface area contributed by atoms with Gasteiger partial charge in [-0.1, -0.05) is 25.5 Å². The van der Waals surface area contributed by atoms with Gasteiger partial charge in [-0.05, 0) is 25.0 Å². The molecule has 2 N–H and O–H groups in total. The maximum absolute atomic E-state index is 5.90. The molecule has 0 aliphatic rings. The fraction of sp³-hybridized carbons (Fsp3) is 0.286. The van der Waals surface area contributed by atoms with Crippen LogP contribution >= 0.6 is 0 Å². The summed E-state index contributed by atoms with van der Waals surface area (Å²) < 4.78 is 5.75. The number of para-hydroxylation sites is 1. The van der Waals surface area contributed by atoms with Crippen molar-refractivity contribution in [2.75, 3.05) is 5.73 Å². The number of rotatable bonds is 4. The predicted octanol–water partition coefficient (Wildman–Crippen LogP) is 3.11. The molecule has 0 aliphatic carbocycles. The lowest BCUT2D eigenvalue weighted by atomic mass is 10.2. The zero-order valence-electron chi connectivity index (χ0n) is 10.7. The van der Waals surface area contributed by atoms with Crippen LogP contribution in [0.25, 0.3) is 0 Å². The molecular formula is C14H17N3O. The van der Waals surface area contributed by atoms with Gasteiger partial charge in [0.05, 0.1) is 5.69 Å². The van der Waals surface area contributed by atoms with Gasteiger partial charge in [0.1, 0.15) is 6.33 Å². The van der Waals surface area contributed by atoms with Crippen LogP contribution in [-0.2, 0) is 6.42 Å². The van der Waals surface area contributed by atoms with Crippen LogP contribution in [0.5, 0.6) is 11.6 Å². The van der Waals surface area contributed by atoms with Crippen molar-refractivity contribution in [2.24, 2.45) is 0 Å². The van der Waals surface area contributed by atoms with Crippen molar-refractivity contribution in [1.82, 2.24) is 9.97 Å². The Hall–Kier alpha value is -2.10. The summed E-state index contributed by atoms with van der Waals surface area (Å²) in [5, 5.41) is 0. The van der Waals surface area contributed by atoms with Gasteiger partial charge in [0.2, 0.25) is 5.88 Å². The summed E-state index contributed by atoms with van der Waals surface area (Å²) in [6.07, 6.45) is 3.49. The lowest BCUT2D eigenvalue weighted by Gasteiger charge is -2.10. The Bertz CT molecular complexity index is 520. The van der Waals surface area contributed by atoms with Crippen LogP contribution in [0.15, 0.2) is 30.6 Å². The molecule has 18 heavy (non-hydrogen) atoms. The van der Waals surface area contributed by atoms with Crippen molar-refractivity contribution in [3.05, 3.63) is 41.9 Å². The van der Waals surface area contributed by atoms with Crippen molar-refractivity contribution in [3.63, 3.8) is 0 Å². The maximum Gasteiger partial charge on any atom is 0.222 e. The fourth-order valence-corrected chi connectivity index (χ4v) is 1.74. The number of nitrogens with two attached hydrogens (primary N) is 1. The first-order valence-electron chi connectivity index (χ1n) is 6.04. The summed E-state index contributed by atoms with van der Waals surface area (Å²) in [6.45, 7) is 4.07. The number of aryl methyl sites for hydroxylation is 2. The van der Waals surface area contributed by atoms with Crippen LogP contribution in [0.2, 0.25) is 0 Å². The van der Waals surface area contributed by atoms with Gasteiger partial charge in [-0.3, -0.25) is 0 Å². The van der Waals surface area contributed by atoms with E-state index in [0.717, 1.165) is 24.1 Å². The Balaban J connectivity index is 2.26. The van der Waals surface area contributed by atoms with E-state index in [9.17, 15) is 0 Å². The topological polar surface area (TPSA) is 61.0 Å². The Morgan fingerprint density at radius 2 is 2.11 bits per heavy atom. The molecule has 4 nitrogen and oxygen atoms in total. The summed E-state index contributed by atoms with van der Waals surface area (Å²) in [7, 11) is 0. The summed E-state index contributed by atoms with van der Waals surface area (Å²) in [5.74, 6) is 1.20. The van der Waals surface area contributed by atoms with Crippen LogP contribution in [0, 0.1) is 6.92 Å². The second-order valence-electron chi connectivity index (χ2n) is 4.19. The number of ether oxygens (including phenoxy) is 1. The predicted molar refractivity (Wildman–Crippen MR) is 71.7 cm³/mol. The first kappa shape index (κ1) is 12.4. The Labute approximate surface area is 107 Å². The molecule has 4 heteroatoms. The first-order chi connectivity index (χ1) is 8.70. The number of nitrogen functional groups attached to an aromatic ring is 1. The molecule has 0 aliphatic heterocycles. The standard InChI is InChI=1S/C14H17N3O/c1-3-5-11-8-13(17-9-16-11)18-14-10(2)6-4-7-12(14)15/h4,6-9H,3,5,15H2,1-2H3. The largest absolute Gasteiger partial charge is 0.436 e. The molecule has 0 amide bonds. The highest BCUT2D eigenvalue weighted by molar-refractivity contribution is 5.57. The van der Waals surface area contributed by atoms with E-state index in [1.165, 1.54) is 6.33 Å². The minimum atomic E-state index is 0.537. The molecule has 94 valence electrons. The molecule has 0 fully saturated rings. The third-order valence-corrected chi connectivity index (χ3v) is 2.65. The third-order valence-electron chi connectivity index (χ3n) is 2.65. The number of hydrogen-bond donors (Lipinski definition) is 1. The number of anilines is 1. The molecule has 0 unspecified atom stereocenters. The Morgan fingerprint density at radius 1 is 1.28 bits per heavy atom. The van der Waals surface area contributed by atoms with Gasteiger partial charge >= 0.3 is 0 Å². The summed E-state index contributed by atoms with van der Waals surface area (Å²) in [5.41, 5.74) is 8.49. The second kappa shape index (κ2) is 5.49. The molecule has 0 bridgehead atoms. The number of nitrogens with zero attached hydrogens (tertiary/aromatic N) is 2. The van der Waals surface area contributed by atoms with Gasteiger partial charge < -0.3 is 10.5 Å². The van der Waals surface area contributed by atoms with E-state index in [1.54, 1.807) is 0 Å². The van der Waals surface area contributed by atoms with E-state index in [0.29, 0.717) is 17.3 Å². The molecule has 1 aromatic carbocycles. The minimum Gasteiger partial charge on any atom is -0.436 e. The van der Waals surface area contributed by atoms with Gasteiger partial charge in [-0.2, -0.15) is 0 Å². The van der Waals surface area contributed by atoms with Crippen LogP contribution in [0.1, 0.15) is 24.6 Å². The lowest BCUT2D eigenvalue weighted by molar-refractivity contribution is 0.459. The van der Waals surface area contributed by atoms with E-state index in [4.69, 9.17) is 10.5 Å². The van der Waals surface area contributed by atoms with Crippen molar-refractivity contribution >= 4 is 5.69 Å². The monoisotopic (exact) mass is 243 g/mol. The lowest BCUT2D eigenvalue weighted by Crippen LogP contribution is -1.98. The normalized spacial score (nSPS) is 10.3. The molecule has 0 saturated carbocycles. The van der Waals surface area contributed by atoms with Crippen LogP contribution in [-0.4, -0.2) is 9.97 Å². The van der Waals surface area contributed by atoms with Gasteiger partial charge in [0.25, 0.3) is 0 Å². The van der Waals surface area contributed by atoms with Crippen LogP contribution < -0.4 is 10.5 Å². The Kier molecular flexibility index (Phi) is 3.77. The molecule has 1 heterocycles. The van der Waals surface area contributed by atoms with Crippen molar-refractivity contribution in [1.29, 1.82) is 0 Å². The van der Waals surface area contributed by atoms with E-state index < -0.39 is 0 Å². The molecule has 0 saturated heterocycles.